The first-order valence-corrected chi connectivity index (χ1v) is 7.64. The molecule has 1 unspecified atom stereocenters. The number of benzene rings is 1. The maximum absolute atomic E-state index is 10.3. The summed E-state index contributed by atoms with van der Waals surface area (Å²) < 4.78 is 11.2. The van der Waals surface area contributed by atoms with Gasteiger partial charge in [-0.3, -0.25) is 0 Å². The topological polar surface area (TPSA) is 64.7 Å². The van der Waals surface area contributed by atoms with Gasteiger partial charge in [-0.15, -0.1) is 0 Å². The quantitative estimate of drug-likeness (QED) is 0.774. The Labute approximate surface area is 124 Å². The number of hydrogen-bond donors (Lipinski definition) is 2. The number of allylic oxidation sites excluding steroid dienone is 2. The fraction of sp³-hybridized carbons (Fsp3) is 0.529. The number of aliphatic hydroxyl groups excluding tert-OH is 1. The van der Waals surface area contributed by atoms with Crippen LogP contribution in [0.1, 0.15) is 30.4 Å². The second-order valence-corrected chi connectivity index (χ2v) is 6.40. The minimum atomic E-state index is -0.808. The molecule has 1 aromatic rings. The van der Waals surface area contributed by atoms with Crippen molar-refractivity contribution in [1.29, 1.82) is 0 Å². The Hall–Kier alpha value is -1.52. The van der Waals surface area contributed by atoms with Gasteiger partial charge in [-0.25, -0.2) is 0 Å². The Kier molecular flexibility index (Phi) is 2.81. The monoisotopic (exact) mass is 287 g/mol. The zero-order chi connectivity index (χ0) is 14.6. The molecule has 1 spiro atoms. The lowest BCUT2D eigenvalue weighted by Gasteiger charge is -2.52. The van der Waals surface area contributed by atoms with Gasteiger partial charge in [0.05, 0.1) is 7.11 Å². The van der Waals surface area contributed by atoms with Gasteiger partial charge in [-0.1, -0.05) is 18.2 Å². The molecule has 0 fully saturated rings. The van der Waals surface area contributed by atoms with E-state index in [1.54, 1.807) is 7.11 Å². The molecule has 4 atom stereocenters. The van der Waals surface area contributed by atoms with E-state index in [0.717, 1.165) is 19.3 Å². The Balaban J connectivity index is 2.02. The lowest BCUT2D eigenvalue weighted by atomic mass is 9.56. The van der Waals surface area contributed by atoms with Crippen LogP contribution in [0.4, 0.5) is 0 Å². The first-order valence-electron chi connectivity index (χ1n) is 7.64. The predicted octanol–water partition coefficient (Wildman–Crippen LogP) is 1.88. The molecule has 112 valence electrons. The standard InChI is InChI=1S/C17H21NO3/c1-20-13-6-5-10-8-12(18)11-4-2-3-7-17(11)9-14(19)21-16(13)15(10)17/h3,5-7,11-12,14,19H,2,4,8-9,18H2,1H3/t11-,12+,14?,17+/m0/s1. The lowest BCUT2D eigenvalue weighted by Crippen LogP contribution is -2.54. The molecule has 0 bridgehead atoms. The van der Waals surface area contributed by atoms with Crippen molar-refractivity contribution in [3.05, 3.63) is 35.4 Å². The van der Waals surface area contributed by atoms with Gasteiger partial charge < -0.3 is 20.3 Å². The summed E-state index contributed by atoms with van der Waals surface area (Å²) in [5.41, 5.74) is 8.69. The number of ether oxygens (including phenoxy) is 2. The van der Waals surface area contributed by atoms with Gasteiger partial charge in [0.2, 0.25) is 0 Å². The first-order chi connectivity index (χ1) is 10.2. The van der Waals surface area contributed by atoms with Crippen LogP contribution in [0.25, 0.3) is 0 Å². The van der Waals surface area contributed by atoms with Crippen molar-refractivity contribution in [2.24, 2.45) is 11.7 Å². The summed E-state index contributed by atoms with van der Waals surface area (Å²) in [6.07, 6.45) is 7.25. The van der Waals surface area contributed by atoms with E-state index in [4.69, 9.17) is 15.2 Å². The molecule has 4 rings (SSSR count). The Morgan fingerprint density at radius 1 is 1.43 bits per heavy atom. The zero-order valence-corrected chi connectivity index (χ0v) is 12.2. The van der Waals surface area contributed by atoms with Crippen LogP contribution in [-0.2, 0) is 11.8 Å². The fourth-order valence-electron chi connectivity index (χ4n) is 4.56. The highest BCUT2D eigenvalue weighted by molar-refractivity contribution is 5.59. The fourth-order valence-corrected chi connectivity index (χ4v) is 4.56. The smallest absolute Gasteiger partial charge is 0.198 e. The molecule has 2 aliphatic carbocycles. The summed E-state index contributed by atoms with van der Waals surface area (Å²) in [7, 11) is 1.64. The van der Waals surface area contributed by atoms with Crippen LogP contribution in [0.2, 0.25) is 0 Å². The molecule has 3 aliphatic rings. The van der Waals surface area contributed by atoms with Gasteiger partial charge in [0, 0.05) is 23.4 Å². The normalized spacial score (nSPS) is 36.4. The second-order valence-electron chi connectivity index (χ2n) is 6.40. The Bertz CT molecular complexity index is 612. The summed E-state index contributed by atoms with van der Waals surface area (Å²) >= 11 is 0. The van der Waals surface area contributed by atoms with E-state index in [0.29, 0.717) is 23.8 Å². The van der Waals surface area contributed by atoms with Crippen LogP contribution in [0.3, 0.4) is 0 Å². The Morgan fingerprint density at radius 2 is 2.29 bits per heavy atom. The van der Waals surface area contributed by atoms with E-state index >= 15 is 0 Å². The first kappa shape index (κ1) is 13.2. The number of methoxy groups -OCH3 is 1. The zero-order valence-electron chi connectivity index (χ0n) is 12.2. The van der Waals surface area contributed by atoms with Crippen molar-refractivity contribution in [1.82, 2.24) is 0 Å². The van der Waals surface area contributed by atoms with Gasteiger partial charge in [-0.2, -0.15) is 0 Å². The molecule has 4 heteroatoms. The SMILES string of the molecule is COc1ccc2c3c1OC(O)C[C@@]31C=CCC[C@H]1[C@H](N)C2. The van der Waals surface area contributed by atoms with Crippen LogP contribution in [0, 0.1) is 5.92 Å². The van der Waals surface area contributed by atoms with E-state index in [9.17, 15) is 5.11 Å². The highest BCUT2D eigenvalue weighted by atomic mass is 16.6. The highest BCUT2D eigenvalue weighted by Crippen LogP contribution is 2.57. The second kappa shape index (κ2) is 4.49. The van der Waals surface area contributed by atoms with Gasteiger partial charge in [0.1, 0.15) is 0 Å². The van der Waals surface area contributed by atoms with E-state index in [1.165, 1.54) is 11.1 Å². The van der Waals surface area contributed by atoms with E-state index in [2.05, 4.69) is 18.2 Å². The Morgan fingerprint density at radius 3 is 3.10 bits per heavy atom. The van der Waals surface area contributed by atoms with Gasteiger partial charge in [0.25, 0.3) is 0 Å². The van der Waals surface area contributed by atoms with Crippen molar-refractivity contribution in [3.63, 3.8) is 0 Å². The summed E-state index contributed by atoms with van der Waals surface area (Å²) in [5, 5.41) is 10.3. The van der Waals surface area contributed by atoms with E-state index in [-0.39, 0.29) is 11.5 Å². The lowest BCUT2D eigenvalue weighted by molar-refractivity contribution is -0.0627. The summed E-state index contributed by atoms with van der Waals surface area (Å²) in [6, 6.07) is 4.15. The molecule has 1 aromatic carbocycles. The van der Waals surface area contributed by atoms with Crippen molar-refractivity contribution >= 4 is 0 Å². The number of nitrogens with two attached hydrogens (primary N) is 1. The molecule has 0 radical (unpaired) electrons. The molecular formula is C17H21NO3. The van der Waals surface area contributed by atoms with Gasteiger partial charge >= 0.3 is 0 Å². The molecule has 0 amide bonds. The van der Waals surface area contributed by atoms with Crippen LogP contribution >= 0.6 is 0 Å². The molecule has 0 aromatic heterocycles. The average molecular weight is 287 g/mol. The van der Waals surface area contributed by atoms with Gasteiger partial charge in [0.15, 0.2) is 17.8 Å². The van der Waals surface area contributed by atoms with Crippen LogP contribution in [-0.4, -0.2) is 24.5 Å². The van der Waals surface area contributed by atoms with Gasteiger partial charge in [-0.05, 0) is 36.8 Å². The third kappa shape index (κ3) is 1.69. The van der Waals surface area contributed by atoms with Crippen molar-refractivity contribution < 1.29 is 14.6 Å². The maximum Gasteiger partial charge on any atom is 0.198 e. The molecule has 0 saturated heterocycles. The predicted molar refractivity (Wildman–Crippen MR) is 79.5 cm³/mol. The van der Waals surface area contributed by atoms with Crippen molar-refractivity contribution in [2.75, 3.05) is 7.11 Å². The summed E-state index contributed by atoms with van der Waals surface area (Å²) in [5.74, 6) is 1.76. The molecule has 3 N–H and O–H groups in total. The number of hydrogen-bond acceptors (Lipinski definition) is 4. The third-order valence-electron chi connectivity index (χ3n) is 5.35. The van der Waals surface area contributed by atoms with Crippen LogP contribution in [0.5, 0.6) is 11.5 Å². The largest absolute Gasteiger partial charge is 0.493 e. The summed E-state index contributed by atoms with van der Waals surface area (Å²) in [6.45, 7) is 0. The van der Waals surface area contributed by atoms with Crippen LogP contribution in [0.15, 0.2) is 24.3 Å². The number of rotatable bonds is 1. The maximum atomic E-state index is 10.3. The third-order valence-corrected chi connectivity index (χ3v) is 5.35. The molecule has 0 saturated carbocycles. The molecule has 1 heterocycles. The number of aliphatic hydroxyl groups is 1. The van der Waals surface area contributed by atoms with E-state index in [1.807, 2.05) is 6.07 Å². The minimum Gasteiger partial charge on any atom is -0.493 e. The average Bonchev–Trinajstić information content (AvgIpc) is 2.47. The van der Waals surface area contributed by atoms with Crippen molar-refractivity contribution in [3.8, 4) is 11.5 Å². The molecule has 4 nitrogen and oxygen atoms in total. The van der Waals surface area contributed by atoms with Crippen molar-refractivity contribution in [2.45, 2.75) is 43.4 Å². The van der Waals surface area contributed by atoms with Crippen LogP contribution < -0.4 is 15.2 Å². The highest BCUT2D eigenvalue weighted by Gasteiger charge is 2.52. The minimum absolute atomic E-state index is 0.133. The molecule has 21 heavy (non-hydrogen) atoms. The molecule has 1 aliphatic heterocycles. The molecular weight excluding hydrogens is 266 g/mol. The van der Waals surface area contributed by atoms with E-state index < -0.39 is 6.29 Å². The summed E-state index contributed by atoms with van der Waals surface area (Å²) in [4.78, 5) is 0.